The molecule has 1 amide bonds. The Labute approximate surface area is 154 Å². The van der Waals surface area contributed by atoms with E-state index in [0.717, 1.165) is 29.5 Å². The van der Waals surface area contributed by atoms with Gasteiger partial charge in [-0.05, 0) is 51.0 Å². The summed E-state index contributed by atoms with van der Waals surface area (Å²) < 4.78 is 1.05. The number of halogens is 2. The Bertz CT molecular complexity index is 492. The molecule has 0 aliphatic carbocycles. The van der Waals surface area contributed by atoms with E-state index in [-0.39, 0.29) is 18.3 Å². The van der Waals surface area contributed by atoms with Crippen LogP contribution in [0.1, 0.15) is 24.8 Å². The van der Waals surface area contributed by atoms with Gasteiger partial charge in [-0.25, -0.2) is 0 Å². The first-order chi connectivity index (χ1) is 10.6. The summed E-state index contributed by atoms with van der Waals surface area (Å²) in [5.74, 6) is 0.176. The lowest BCUT2D eigenvalue weighted by Crippen LogP contribution is -2.41. The van der Waals surface area contributed by atoms with Crippen LogP contribution in [0.3, 0.4) is 0 Å². The molecule has 6 heteroatoms. The van der Waals surface area contributed by atoms with Crippen molar-refractivity contribution >= 4 is 34.2 Å². The second-order valence-electron chi connectivity index (χ2n) is 6.09. The average molecular weight is 405 g/mol. The summed E-state index contributed by atoms with van der Waals surface area (Å²) in [6, 6.07) is 8.56. The smallest absolute Gasteiger partial charge is 0.236 e. The van der Waals surface area contributed by atoms with Crippen molar-refractivity contribution in [3.05, 3.63) is 34.3 Å². The van der Waals surface area contributed by atoms with Gasteiger partial charge >= 0.3 is 0 Å². The molecule has 0 saturated carbocycles. The van der Waals surface area contributed by atoms with E-state index in [1.165, 1.54) is 12.8 Å². The van der Waals surface area contributed by atoms with Crippen molar-refractivity contribution in [1.29, 1.82) is 0 Å². The largest absolute Gasteiger partial charge is 0.340 e. The predicted octanol–water partition coefficient (Wildman–Crippen LogP) is 2.90. The molecule has 130 valence electrons. The summed E-state index contributed by atoms with van der Waals surface area (Å²) in [6.07, 6.45) is 3.48. The van der Waals surface area contributed by atoms with Gasteiger partial charge in [0.05, 0.1) is 6.54 Å². The van der Waals surface area contributed by atoms with Gasteiger partial charge in [-0.2, -0.15) is 0 Å². The van der Waals surface area contributed by atoms with E-state index in [9.17, 15) is 4.79 Å². The molecule has 1 fully saturated rings. The van der Waals surface area contributed by atoms with Gasteiger partial charge in [0, 0.05) is 24.1 Å². The van der Waals surface area contributed by atoms with Crippen LogP contribution in [0.15, 0.2) is 28.7 Å². The van der Waals surface area contributed by atoms with Crippen molar-refractivity contribution in [2.45, 2.75) is 31.8 Å². The first-order valence-corrected chi connectivity index (χ1v) is 8.75. The number of rotatable bonds is 5. The fourth-order valence-electron chi connectivity index (χ4n) is 2.87. The minimum absolute atomic E-state index is 0. The number of hydrogen-bond acceptors (Lipinski definition) is 3. The summed E-state index contributed by atoms with van der Waals surface area (Å²) in [7, 11) is 3.95. The Hall–Kier alpha value is -0.620. The van der Waals surface area contributed by atoms with Crippen LogP contribution in [0.25, 0.3) is 0 Å². The number of nitrogens with zero attached hydrogens (tertiary/aromatic N) is 2. The SMILES string of the molecule is CN(Cc1ccccc1Br)C(=O)CN(C)C1CCCNCC1.Cl. The van der Waals surface area contributed by atoms with E-state index in [4.69, 9.17) is 0 Å². The van der Waals surface area contributed by atoms with Gasteiger partial charge in [-0.1, -0.05) is 34.1 Å². The third-order valence-electron chi connectivity index (χ3n) is 4.34. The van der Waals surface area contributed by atoms with Crippen molar-refractivity contribution in [2.24, 2.45) is 0 Å². The van der Waals surface area contributed by atoms with Gasteiger partial charge in [0.25, 0.3) is 0 Å². The van der Waals surface area contributed by atoms with Gasteiger partial charge in [-0.15, -0.1) is 12.4 Å². The number of amides is 1. The fraction of sp³-hybridized carbons (Fsp3) is 0.588. The summed E-state index contributed by atoms with van der Waals surface area (Å²) in [5, 5.41) is 3.42. The molecule has 0 spiro atoms. The van der Waals surface area contributed by atoms with Gasteiger partial charge in [-0.3, -0.25) is 9.69 Å². The van der Waals surface area contributed by atoms with E-state index < -0.39 is 0 Å². The quantitative estimate of drug-likeness (QED) is 0.819. The highest BCUT2D eigenvalue weighted by Crippen LogP contribution is 2.18. The van der Waals surface area contributed by atoms with Crippen molar-refractivity contribution in [3.8, 4) is 0 Å². The maximum absolute atomic E-state index is 12.5. The molecule has 1 atom stereocenters. The van der Waals surface area contributed by atoms with Crippen molar-refractivity contribution < 1.29 is 4.79 Å². The van der Waals surface area contributed by atoms with Crippen LogP contribution in [0.2, 0.25) is 0 Å². The van der Waals surface area contributed by atoms with E-state index in [1.807, 2.05) is 30.1 Å². The van der Waals surface area contributed by atoms with Crippen molar-refractivity contribution in [3.63, 3.8) is 0 Å². The predicted molar refractivity (Wildman–Crippen MR) is 101 cm³/mol. The third kappa shape index (κ3) is 6.42. The molecule has 1 aliphatic rings. The lowest BCUT2D eigenvalue weighted by molar-refractivity contribution is -0.131. The lowest BCUT2D eigenvalue weighted by atomic mass is 10.1. The Balaban J connectivity index is 0.00000264. The number of hydrogen-bond donors (Lipinski definition) is 1. The topological polar surface area (TPSA) is 35.6 Å². The van der Waals surface area contributed by atoms with Crippen molar-refractivity contribution in [1.82, 2.24) is 15.1 Å². The van der Waals surface area contributed by atoms with Crippen molar-refractivity contribution in [2.75, 3.05) is 33.7 Å². The Morgan fingerprint density at radius 3 is 2.74 bits per heavy atom. The number of likely N-dealkylation sites (N-methyl/N-ethyl adjacent to an activating group) is 2. The van der Waals surface area contributed by atoms with Crippen LogP contribution < -0.4 is 5.32 Å². The van der Waals surface area contributed by atoms with Crippen LogP contribution >= 0.6 is 28.3 Å². The molecule has 0 radical (unpaired) electrons. The molecule has 2 rings (SSSR count). The Morgan fingerprint density at radius 2 is 2.00 bits per heavy atom. The molecule has 1 aromatic carbocycles. The van der Waals surface area contributed by atoms with Crippen LogP contribution in [-0.2, 0) is 11.3 Å². The molecule has 1 unspecified atom stereocenters. The maximum atomic E-state index is 12.5. The zero-order valence-electron chi connectivity index (χ0n) is 13.9. The Kier molecular flexibility index (Phi) is 9.14. The van der Waals surface area contributed by atoms with E-state index in [1.54, 1.807) is 0 Å². The van der Waals surface area contributed by atoms with Gasteiger partial charge < -0.3 is 10.2 Å². The maximum Gasteiger partial charge on any atom is 0.236 e. The minimum atomic E-state index is 0. The second kappa shape index (κ2) is 10.3. The highest BCUT2D eigenvalue weighted by molar-refractivity contribution is 9.10. The molecule has 1 aromatic rings. The van der Waals surface area contributed by atoms with Gasteiger partial charge in [0.2, 0.25) is 5.91 Å². The highest BCUT2D eigenvalue weighted by Gasteiger charge is 2.20. The van der Waals surface area contributed by atoms with Gasteiger partial charge in [0.15, 0.2) is 0 Å². The molecule has 4 nitrogen and oxygen atoms in total. The summed E-state index contributed by atoms with van der Waals surface area (Å²) in [5.41, 5.74) is 1.14. The third-order valence-corrected chi connectivity index (χ3v) is 5.12. The molecule has 0 bridgehead atoms. The standard InChI is InChI=1S/C17H26BrN3O.ClH/c1-20(15-7-5-10-19-11-9-15)13-17(22)21(2)12-14-6-3-4-8-16(14)18;/h3-4,6,8,15,19H,5,7,9-13H2,1-2H3;1H. The average Bonchev–Trinajstić information content (AvgIpc) is 2.78. The van der Waals surface area contributed by atoms with E-state index in [2.05, 4.69) is 39.3 Å². The molecular formula is C17H27BrClN3O. The number of nitrogens with one attached hydrogen (secondary N) is 1. The monoisotopic (exact) mass is 403 g/mol. The molecule has 0 aromatic heterocycles. The Morgan fingerprint density at radius 1 is 1.26 bits per heavy atom. The van der Waals surface area contributed by atoms with Crippen LogP contribution in [0, 0.1) is 0 Å². The minimum Gasteiger partial charge on any atom is -0.340 e. The second-order valence-corrected chi connectivity index (χ2v) is 6.95. The number of benzene rings is 1. The first-order valence-electron chi connectivity index (χ1n) is 7.96. The first kappa shape index (κ1) is 20.4. The molecule has 1 N–H and O–H groups in total. The number of carbonyl (C=O) groups excluding carboxylic acids is 1. The van der Waals surface area contributed by atoms with Crippen LogP contribution in [-0.4, -0.2) is 55.5 Å². The van der Waals surface area contributed by atoms with Gasteiger partial charge in [0.1, 0.15) is 0 Å². The van der Waals surface area contributed by atoms with Crippen LogP contribution in [0.4, 0.5) is 0 Å². The molecular weight excluding hydrogens is 378 g/mol. The summed E-state index contributed by atoms with van der Waals surface area (Å²) in [6.45, 7) is 3.28. The van der Waals surface area contributed by atoms with E-state index >= 15 is 0 Å². The molecule has 1 aliphatic heterocycles. The zero-order chi connectivity index (χ0) is 15.9. The van der Waals surface area contributed by atoms with Crippen LogP contribution in [0.5, 0.6) is 0 Å². The van der Waals surface area contributed by atoms with E-state index in [0.29, 0.717) is 19.1 Å². The summed E-state index contributed by atoms with van der Waals surface area (Å²) in [4.78, 5) is 16.5. The normalized spacial score (nSPS) is 18.2. The highest BCUT2D eigenvalue weighted by atomic mass is 79.9. The molecule has 1 saturated heterocycles. The fourth-order valence-corrected chi connectivity index (χ4v) is 3.29. The lowest BCUT2D eigenvalue weighted by Gasteiger charge is -2.28. The summed E-state index contributed by atoms with van der Waals surface area (Å²) >= 11 is 3.54. The number of carbonyl (C=O) groups is 1. The molecule has 1 heterocycles. The molecule has 23 heavy (non-hydrogen) atoms. The zero-order valence-corrected chi connectivity index (χ0v) is 16.3.